The zero-order valence-electron chi connectivity index (χ0n) is 14.6. The van der Waals surface area contributed by atoms with Gasteiger partial charge in [0.15, 0.2) is 12.4 Å². The summed E-state index contributed by atoms with van der Waals surface area (Å²) in [6.07, 6.45) is 0.841. The molecule has 0 bridgehead atoms. The Morgan fingerprint density at radius 3 is 2.33 bits per heavy atom. The van der Waals surface area contributed by atoms with Crippen LogP contribution in [0, 0.1) is 0 Å². The molecule has 0 fully saturated rings. The third kappa shape index (κ3) is 6.27. The highest BCUT2D eigenvalue weighted by molar-refractivity contribution is 6.30. The summed E-state index contributed by atoms with van der Waals surface area (Å²) in [6, 6.07) is 20.3. The number of carbonyl (C=O) groups excluding carboxylic acids is 1. The van der Waals surface area contributed by atoms with Crippen LogP contribution in [-0.4, -0.2) is 29.3 Å². The minimum Gasteiger partial charge on any atom is -0.484 e. The number of nitrogens with one attached hydrogen (secondary N) is 2. The Morgan fingerprint density at radius 2 is 1.63 bits per heavy atom. The lowest BCUT2D eigenvalue weighted by Crippen LogP contribution is -2.21. The van der Waals surface area contributed by atoms with Gasteiger partial charge in [0, 0.05) is 11.6 Å². The molecule has 0 aliphatic rings. The third-order valence-corrected chi connectivity index (χ3v) is 3.93. The number of benzene rings is 2. The van der Waals surface area contributed by atoms with Gasteiger partial charge in [-0.15, -0.1) is 10.2 Å². The van der Waals surface area contributed by atoms with E-state index in [9.17, 15) is 4.79 Å². The Hall–Kier alpha value is -3.12. The Morgan fingerprint density at radius 1 is 0.926 bits per heavy atom. The maximum atomic E-state index is 11.9. The number of amides is 1. The molecule has 3 rings (SSSR count). The second-order valence-electron chi connectivity index (χ2n) is 5.76. The third-order valence-electron chi connectivity index (χ3n) is 3.68. The predicted octanol–water partition coefficient (Wildman–Crippen LogP) is 3.80. The second-order valence-corrected chi connectivity index (χ2v) is 6.19. The van der Waals surface area contributed by atoms with Crippen LogP contribution < -0.4 is 15.4 Å². The first kappa shape index (κ1) is 18.7. The molecule has 0 aliphatic heterocycles. The van der Waals surface area contributed by atoms with Crippen molar-refractivity contribution < 1.29 is 9.53 Å². The van der Waals surface area contributed by atoms with E-state index in [1.165, 1.54) is 5.56 Å². The molecular weight excluding hydrogens is 364 g/mol. The Kier molecular flexibility index (Phi) is 6.60. The van der Waals surface area contributed by atoms with Crippen LogP contribution in [-0.2, 0) is 11.2 Å². The predicted molar refractivity (Wildman–Crippen MR) is 106 cm³/mol. The Labute approximate surface area is 162 Å². The largest absolute Gasteiger partial charge is 0.484 e. The van der Waals surface area contributed by atoms with Gasteiger partial charge in [-0.05, 0) is 48.4 Å². The lowest BCUT2D eigenvalue weighted by atomic mass is 10.1. The fraction of sp³-hybridized carbons (Fsp3) is 0.150. The van der Waals surface area contributed by atoms with Crippen molar-refractivity contribution in [1.29, 1.82) is 0 Å². The van der Waals surface area contributed by atoms with Crippen molar-refractivity contribution in [2.75, 3.05) is 23.8 Å². The van der Waals surface area contributed by atoms with Gasteiger partial charge in [-0.3, -0.25) is 4.79 Å². The average Bonchev–Trinajstić information content (AvgIpc) is 2.70. The van der Waals surface area contributed by atoms with Crippen molar-refractivity contribution in [3.05, 3.63) is 77.3 Å². The van der Waals surface area contributed by atoms with Crippen LogP contribution >= 0.6 is 11.6 Å². The van der Waals surface area contributed by atoms with Crippen molar-refractivity contribution in [1.82, 2.24) is 10.2 Å². The van der Waals surface area contributed by atoms with Crippen LogP contribution in [0.5, 0.6) is 5.75 Å². The molecule has 1 aromatic heterocycles. The molecule has 27 heavy (non-hydrogen) atoms. The van der Waals surface area contributed by atoms with E-state index in [1.54, 1.807) is 24.3 Å². The van der Waals surface area contributed by atoms with Crippen LogP contribution in [0.4, 0.5) is 11.6 Å². The van der Waals surface area contributed by atoms with Crippen LogP contribution in [0.25, 0.3) is 0 Å². The van der Waals surface area contributed by atoms with E-state index in [0.29, 0.717) is 23.9 Å². The highest BCUT2D eigenvalue weighted by atomic mass is 35.5. The highest BCUT2D eigenvalue weighted by Gasteiger charge is 2.05. The molecule has 0 radical (unpaired) electrons. The molecule has 3 aromatic rings. The summed E-state index contributed by atoms with van der Waals surface area (Å²) in [5.74, 6) is 1.36. The minimum atomic E-state index is -0.295. The smallest absolute Gasteiger partial charge is 0.263 e. The minimum absolute atomic E-state index is 0.0905. The number of hydrogen-bond acceptors (Lipinski definition) is 5. The van der Waals surface area contributed by atoms with Gasteiger partial charge >= 0.3 is 0 Å². The first-order chi connectivity index (χ1) is 13.2. The van der Waals surface area contributed by atoms with E-state index in [4.69, 9.17) is 16.3 Å². The molecular formula is C20H19ClN4O2. The quantitative estimate of drug-likeness (QED) is 0.619. The van der Waals surface area contributed by atoms with Crippen molar-refractivity contribution in [2.45, 2.75) is 6.42 Å². The van der Waals surface area contributed by atoms with E-state index >= 15 is 0 Å². The normalized spacial score (nSPS) is 10.3. The molecule has 6 nitrogen and oxygen atoms in total. The molecule has 0 saturated heterocycles. The monoisotopic (exact) mass is 382 g/mol. The molecule has 2 N–H and O–H groups in total. The Bertz CT molecular complexity index is 855. The number of nitrogens with zero attached hydrogens (tertiary/aromatic N) is 2. The summed E-state index contributed by atoms with van der Waals surface area (Å²) < 4.78 is 5.39. The number of halogens is 1. The molecule has 138 valence electrons. The molecule has 0 spiro atoms. The molecule has 1 heterocycles. The topological polar surface area (TPSA) is 76.1 Å². The summed E-state index contributed by atoms with van der Waals surface area (Å²) in [5, 5.41) is 14.6. The number of anilines is 2. The fourth-order valence-corrected chi connectivity index (χ4v) is 2.45. The standard InChI is InChI=1S/C20H19ClN4O2/c21-16-8-6-15(7-9-16)12-13-22-18-10-11-19(25-24-18)23-20(26)14-27-17-4-2-1-3-5-17/h1-11H,12-14H2,(H,22,24)(H,23,25,26). The second kappa shape index (κ2) is 9.54. The summed E-state index contributed by atoms with van der Waals surface area (Å²) >= 11 is 5.87. The molecule has 7 heteroatoms. The first-order valence-corrected chi connectivity index (χ1v) is 8.86. The van der Waals surface area contributed by atoms with Crippen molar-refractivity contribution >= 4 is 29.1 Å². The summed E-state index contributed by atoms with van der Waals surface area (Å²) in [7, 11) is 0. The van der Waals surface area contributed by atoms with Gasteiger partial charge in [0.05, 0.1) is 0 Å². The molecule has 0 aliphatic carbocycles. The lowest BCUT2D eigenvalue weighted by Gasteiger charge is -2.08. The van der Waals surface area contributed by atoms with E-state index < -0.39 is 0 Å². The van der Waals surface area contributed by atoms with Crippen LogP contribution in [0.1, 0.15) is 5.56 Å². The maximum absolute atomic E-state index is 11.9. The van der Waals surface area contributed by atoms with Crippen LogP contribution in [0.2, 0.25) is 5.02 Å². The molecule has 0 unspecified atom stereocenters. The lowest BCUT2D eigenvalue weighted by molar-refractivity contribution is -0.118. The van der Waals surface area contributed by atoms with E-state index in [-0.39, 0.29) is 12.5 Å². The number of ether oxygens (including phenoxy) is 1. The highest BCUT2D eigenvalue weighted by Crippen LogP contribution is 2.11. The van der Waals surface area contributed by atoms with Gasteiger partial charge in [-0.1, -0.05) is 41.9 Å². The van der Waals surface area contributed by atoms with E-state index in [2.05, 4.69) is 20.8 Å². The van der Waals surface area contributed by atoms with Crippen molar-refractivity contribution in [3.63, 3.8) is 0 Å². The van der Waals surface area contributed by atoms with Gasteiger partial charge in [0.2, 0.25) is 0 Å². The molecule has 0 atom stereocenters. The molecule has 2 aromatic carbocycles. The first-order valence-electron chi connectivity index (χ1n) is 8.49. The number of hydrogen-bond donors (Lipinski definition) is 2. The van der Waals surface area contributed by atoms with Gasteiger partial charge in [0.25, 0.3) is 5.91 Å². The zero-order chi connectivity index (χ0) is 18.9. The van der Waals surface area contributed by atoms with E-state index in [0.717, 1.165) is 11.4 Å². The van der Waals surface area contributed by atoms with Gasteiger partial charge in [0.1, 0.15) is 11.6 Å². The SMILES string of the molecule is O=C(COc1ccccc1)Nc1ccc(NCCc2ccc(Cl)cc2)nn1. The zero-order valence-corrected chi connectivity index (χ0v) is 15.3. The van der Waals surface area contributed by atoms with Gasteiger partial charge in [-0.25, -0.2) is 0 Å². The maximum Gasteiger partial charge on any atom is 0.263 e. The summed E-state index contributed by atoms with van der Waals surface area (Å²) in [5.41, 5.74) is 1.18. The summed E-state index contributed by atoms with van der Waals surface area (Å²) in [4.78, 5) is 11.9. The Balaban J connectivity index is 1.41. The number of para-hydroxylation sites is 1. The van der Waals surface area contributed by atoms with Crippen molar-refractivity contribution in [2.24, 2.45) is 0 Å². The number of aromatic nitrogens is 2. The van der Waals surface area contributed by atoms with E-state index in [1.807, 2.05) is 42.5 Å². The average molecular weight is 383 g/mol. The number of rotatable bonds is 8. The molecule has 0 saturated carbocycles. The summed E-state index contributed by atoms with van der Waals surface area (Å²) in [6.45, 7) is 0.625. The van der Waals surface area contributed by atoms with Gasteiger partial charge < -0.3 is 15.4 Å². The fourth-order valence-electron chi connectivity index (χ4n) is 2.32. The van der Waals surface area contributed by atoms with Gasteiger partial charge in [-0.2, -0.15) is 0 Å². The molecule has 1 amide bonds. The number of carbonyl (C=O) groups is 1. The van der Waals surface area contributed by atoms with Crippen LogP contribution in [0.15, 0.2) is 66.7 Å². The van der Waals surface area contributed by atoms with Crippen LogP contribution in [0.3, 0.4) is 0 Å². The van der Waals surface area contributed by atoms with Crippen molar-refractivity contribution in [3.8, 4) is 5.75 Å².